The van der Waals surface area contributed by atoms with Crippen LogP contribution in [-0.4, -0.2) is 59.6 Å². The van der Waals surface area contributed by atoms with Crippen LogP contribution in [0, 0.1) is 5.92 Å². The monoisotopic (exact) mass is 290 g/mol. The van der Waals surface area contributed by atoms with Crippen LogP contribution >= 0.6 is 0 Å². The molecule has 20 heavy (non-hydrogen) atoms. The van der Waals surface area contributed by atoms with Crippen molar-refractivity contribution in [2.24, 2.45) is 5.92 Å². The number of rotatable bonds is 3. The van der Waals surface area contributed by atoms with Gasteiger partial charge in [0.15, 0.2) is 0 Å². The molecule has 114 valence electrons. The van der Waals surface area contributed by atoms with Gasteiger partial charge in [0.1, 0.15) is 30.3 Å². The van der Waals surface area contributed by atoms with Crippen molar-refractivity contribution in [3.8, 4) is 0 Å². The fourth-order valence-electron chi connectivity index (χ4n) is 2.23. The van der Waals surface area contributed by atoms with Gasteiger partial charge >= 0.3 is 17.9 Å². The van der Waals surface area contributed by atoms with Crippen LogP contribution in [0.1, 0.15) is 20.3 Å². The number of aliphatic hydroxyl groups is 2. The summed E-state index contributed by atoms with van der Waals surface area (Å²) in [6.07, 6.45) is -5.44. The molecule has 0 heterocycles. The zero-order chi connectivity index (χ0) is 15.4. The summed E-state index contributed by atoms with van der Waals surface area (Å²) in [5, 5.41) is 19.8. The molecule has 2 N–H and O–H groups in total. The summed E-state index contributed by atoms with van der Waals surface area (Å²) in [5.41, 5.74) is 0. The summed E-state index contributed by atoms with van der Waals surface area (Å²) in [6, 6.07) is 0. The van der Waals surface area contributed by atoms with Gasteiger partial charge in [0.2, 0.25) is 0 Å². The van der Waals surface area contributed by atoms with Crippen molar-refractivity contribution in [3.63, 3.8) is 0 Å². The van der Waals surface area contributed by atoms with E-state index in [1.165, 1.54) is 0 Å². The summed E-state index contributed by atoms with van der Waals surface area (Å²) in [5.74, 6) is -3.11. The highest BCUT2D eigenvalue weighted by atomic mass is 16.6. The fourth-order valence-corrected chi connectivity index (χ4v) is 2.23. The lowest BCUT2D eigenvalue weighted by atomic mass is 9.80. The molecular weight excluding hydrogens is 272 g/mol. The highest BCUT2D eigenvalue weighted by Crippen LogP contribution is 2.31. The highest BCUT2D eigenvalue weighted by Gasteiger charge is 2.50. The van der Waals surface area contributed by atoms with Crippen molar-refractivity contribution < 1.29 is 38.8 Å². The van der Waals surface area contributed by atoms with Gasteiger partial charge in [-0.25, -0.2) is 0 Å². The van der Waals surface area contributed by atoms with Crippen LogP contribution in [0.25, 0.3) is 0 Å². The molecule has 8 nitrogen and oxygen atoms in total. The maximum Gasteiger partial charge on any atom is 0.312 e. The Morgan fingerprint density at radius 2 is 1.55 bits per heavy atom. The minimum Gasteiger partial charge on any atom is -0.469 e. The van der Waals surface area contributed by atoms with E-state index in [1.807, 2.05) is 0 Å². The van der Waals surface area contributed by atoms with Gasteiger partial charge in [-0.15, -0.1) is 0 Å². The van der Waals surface area contributed by atoms with Crippen molar-refractivity contribution in [2.75, 3.05) is 7.11 Å². The van der Waals surface area contributed by atoms with Crippen LogP contribution in [0.2, 0.25) is 0 Å². The van der Waals surface area contributed by atoms with Gasteiger partial charge in [-0.2, -0.15) is 0 Å². The molecule has 0 aromatic carbocycles. The first-order valence-corrected chi connectivity index (χ1v) is 6.06. The Labute approximate surface area is 115 Å². The van der Waals surface area contributed by atoms with Gasteiger partial charge in [-0.05, 0) is 0 Å². The van der Waals surface area contributed by atoms with Crippen molar-refractivity contribution >= 4 is 17.9 Å². The van der Waals surface area contributed by atoms with E-state index < -0.39 is 48.2 Å². The summed E-state index contributed by atoms with van der Waals surface area (Å²) in [7, 11) is 1.14. The molecule has 0 spiro atoms. The second kappa shape index (κ2) is 6.67. The summed E-state index contributed by atoms with van der Waals surface area (Å²) < 4.78 is 14.3. The third-order valence-electron chi connectivity index (χ3n) is 3.07. The second-order valence-electron chi connectivity index (χ2n) is 4.57. The number of hydrogen-bond acceptors (Lipinski definition) is 8. The third kappa shape index (κ3) is 3.67. The number of esters is 3. The van der Waals surface area contributed by atoms with E-state index in [4.69, 9.17) is 9.47 Å². The highest BCUT2D eigenvalue weighted by molar-refractivity contribution is 5.75. The molecular formula is C12H18O8. The van der Waals surface area contributed by atoms with Crippen molar-refractivity contribution in [1.82, 2.24) is 0 Å². The molecule has 0 saturated heterocycles. The van der Waals surface area contributed by atoms with E-state index in [0.717, 1.165) is 21.0 Å². The summed E-state index contributed by atoms with van der Waals surface area (Å²) >= 11 is 0. The molecule has 5 atom stereocenters. The Hall–Kier alpha value is -1.67. The van der Waals surface area contributed by atoms with E-state index in [2.05, 4.69) is 4.74 Å². The predicted octanol–water partition coefficient (Wildman–Crippen LogP) is -1.24. The molecule has 0 bridgehead atoms. The molecule has 0 amide bonds. The minimum absolute atomic E-state index is 0.109. The van der Waals surface area contributed by atoms with Gasteiger partial charge in [0.05, 0.1) is 7.11 Å². The normalized spacial score (nSPS) is 33.1. The van der Waals surface area contributed by atoms with E-state index >= 15 is 0 Å². The van der Waals surface area contributed by atoms with Crippen LogP contribution < -0.4 is 0 Å². The molecule has 1 rings (SSSR count). The standard InChI is InChI=1S/C12H18O8/c1-5(13)19-8-4-7(12(17)18-3)11(20-6(2)14)10(16)9(8)15/h7-11,15-16H,4H2,1-3H3. The smallest absolute Gasteiger partial charge is 0.312 e. The topological polar surface area (TPSA) is 119 Å². The third-order valence-corrected chi connectivity index (χ3v) is 3.07. The lowest BCUT2D eigenvalue weighted by Crippen LogP contribution is -2.57. The van der Waals surface area contributed by atoms with E-state index in [-0.39, 0.29) is 6.42 Å². The maximum absolute atomic E-state index is 11.7. The molecule has 1 saturated carbocycles. The van der Waals surface area contributed by atoms with Gasteiger partial charge < -0.3 is 24.4 Å². The molecule has 0 aromatic rings. The van der Waals surface area contributed by atoms with E-state index in [1.54, 1.807) is 0 Å². The van der Waals surface area contributed by atoms with Crippen LogP contribution in [0.5, 0.6) is 0 Å². The zero-order valence-electron chi connectivity index (χ0n) is 11.4. The summed E-state index contributed by atoms with van der Waals surface area (Å²) in [4.78, 5) is 33.7. The Kier molecular flexibility index (Phi) is 5.46. The number of carbonyl (C=O) groups is 3. The molecule has 8 heteroatoms. The molecule has 1 aliphatic rings. The van der Waals surface area contributed by atoms with Crippen LogP contribution in [0.4, 0.5) is 0 Å². The number of ether oxygens (including phenoxy) is 3. The van der Waals surface area contributed by atoms with Crippen molar-refractivity contribution in [1.29, 1.82) is 0 Å². The van der Waals surface area contributed by atoms with Crippen LogP contribution in [0.3, 0.4) is 0 Å². The Morgan fingerprint density at radius 1 is 1.00 bits per heavy atom. The first kappa shape index (κ1) is 16.4. The van der Waals surface area contributed by atoms with Crippen LogP contribution in [0.15, 0.2) is 0 Å². The quantitative estimate of drug-likeness (QED) is 0.489. The Balaban J connectivity index is 2.97. The summed E-state index contributed by atoms with van der Waals surface area (Å²) in [6.45, 7) is 2.26. The SMILES string of the molecule is COC(=O)C1CC(OC(C)=O)C(O)C(O)C1OC(C)=O. The van der Waals surface area contributed by atoms with Crippen molar-refractivity contribution in [3.05, 3.63) is 0 Å². The number of carbonyl (C=O) groups excluding carboxylic acids is 3. The first-order valence-electron chi connectivity index (χ1n) is 6.06. The Bertz CT molecular complexity index is 393. The van der Waals surface area contributed by atoms with Gasteiger partial charge in [-0.1, -0.05) is 0 Å². The van der Waals surface area contributed by atoms with E-state index in [9.17, 15) is 24.6 Å². The fraction of sp³-hybridized carbons (Fsp3) is 0.750. The average molecular weight is 290 g/mol. The van der Waals surface area contributed by atoms with E-state index in [0.29, 0.717) is 0 Å². The zero-order valence-corrected chi connectivity index (χ0v) is 11.4. The number of methoxy groups -OCH3 is 1. The molecule has 1 aliphatic carbocycles. The predicted molar refractivity (Wildman–Crippen MR) is 63.2 cm³/mol. The second-order valence-corrected chi connectivity index (χ2v) is 4.57. The average Bonchev–Trinajstić information content (AvgIpc) is 2.36. The molecule has 1 fully saturated rings. The number of aliphatic hydroxyl groups excluding tert-OH is 2. The Morgan fingerprint density at radius 3 is 2.00 bits per heavy atom. The number of hydrogen-bond donors (Lipinski definition) is 2. The van der Waals surface area contributed by atoms with Crippen molar-refractivity contribution in [2.45, 2.75) is 44.7 Å². The van der Waals surface area contributed by atoms with Gasteiger partial charge in [-0.3, -0.25) is 14.4 Å². The van der Waals surface area contributed by atoms with Crippen LogP contribution in [-0.2, 0) is 28.6 Å². The molecule has 0 radical (unpaired) electrons. The van der Waals surface area contributed by atoms with Gasteiger partial charge in [0.25, 0.3) is 0 Å². The maximum atomic E-state index is 11.7. The molecule has 0 aliphatic heterocycles. The largest absolute Gasteiger partial charge is 0.469 e. The minimum atomic E-state index is -1.55. The lowest BCUT2D eigenvalue weighted by molar-refractivity contribution is -0.203. The van der Waals surface area contributed by atoms with Gasteiger partial charge in [0, 0.05) is 20.3 Å². The first-order chi connectivity index (χ1) is 9.27. The lowest BCUT2D eigenvalue weighted by Gasteiger charge is -2.40. The molecule has 5 unspecified atom stereocenters. The molecule has 0 aromatic heterocycles.